The fourth-order valence-corrected chi connectivity index (χ4v) is 3.88. The van der Waals surface area contributed by atoms with Gasteiger partial charge in [-0.05, 0) is 18.1 Å². The molecule has 178 valence electrons. The number of hydrogen-bond acceptors (Lipinski definition) is 4. The van der Waals surface area contributed by atoms with Crippen LogP contribution in [0, 0.1) is 6.92 Å². The molecule has 11 heteroatoms. The first-order valence-electron chi connectivity index (χ1n) is 10.4. The molecule has 34 heavy (non-hydrogen) atoms. The van der Waals surface area contributed by atoms with Crippen LogP contribution in [0.5, 0.6) is 0 Å². The molecule has 3 heterocycles. The zero-order valence-corrected chi connectivity index (χ0v) is 18.3. The Bertz CT molecular complexity index is 1360. The molecule has 3 aromatic heterocycles. The van der Waals surface area contributed by atoms with E-state index in [1.165, 1.54) is 23.0 Å². The molecule has 6 nitrogen and oxygen atoms in total. The summed E-state index contributed by atoms with van der Waals surface area (Å²) in [6.45, 7) is 2.67. The maximum atomic E-state index is 13.6. The van der Waals surface area contributed by atoms with Gasteiger partial charge in [-0.3, -0.25) is 18.9 Å². The molecule has 0 N–H and O–H groups in total. The molecule has 0 aliphatic heterocycles. The summed E-state index contributed by atoms with van der Waals surface area (Å²) in [5.74, 6) is 0.0371. The van der Waals surface area contributed by atoms with Crippen LogP contribution in [0.1, 0.15) is 46.2 Å². The molecule has 0 bridgehead atoms. The van der Waals surface area contributed by atoms with Crippen LogP contribution < -0.4 is 0 Å². The molecule has 0 radical (unpaired) electrons. The summed E-state index contributed by atoms with van der Waals surface area (Å²) in [7, 11) is 0. The van der Waals surface area contributed by atoms with E-state index in [-0.39, 0.29) is 17.0 Å². The zero-order chi connectivity index (χ0) is 24.6. The van der Waals surface area contributed by atoms with Gasteiger partial charge in [0.25, 0.3) is 6.43 Å². The van der Waals surface area contributed by atoms with Gasteiger partial charge in [-0.25, -0.2) is 13.8 Å². The Hall–Kier alpha value is -3.63. The second-order valence-corrected chi connectivity index (χ2v) is 7.82. The summed E-state index contributed by atoms with van der Waals surface area (Å²) < 4.78 is 68.3. The lowest BCUT2D eigenvalue weighted by Crippen LogP contribution is -2.11. The van der Waals surface area contributed by atoms with Crippen LogP contribution in [0.2, 0.25) is 0 Å². The van der Waals surface area contributed by atoms with E-state index >= 15 is 0 Å². The maximum absolute atomic E-state index is 13.6. The highest BCUT2D eigenvalue weighted by atomic mass is 19.4. The lowest BCUT2D eigenvalue weighted by molar-refractivity contribution is -0.141. The first kappa shape index (κ1) is 23.5. The number of benzene rings is 1. The average Bonchev–Trinajstić information content (AvgIpc) is 3.37. The van der Waals surface area contributed by atoms with Crippen LogP contribution in [0.3, 0.4) is 0 Å². The third-order valence-corrected chi connectivity index (χ3v) is 5.42. The molecule has 0 fully saturated rings. The zero-order valence-electron chi connectivity index (χ0n) is 18.3. The molecule has 4 rings (SSSR count). The third kappa shape index (κ3) is 4.55. The molecule has 0 aliphatic carbocycles. The smallest absolute Gasteiger partial charge is 0.296 e. The molecule has 0 saturated carbocycles. The summed E-state index contributed by atoms with van der Waals surface area (Å²) in [6, 6.07) is 5.43. The standard InChI is InChI=1S/C23H20F5N5O/c1-3-19(34)15-5-4-14(8-13(15)2)9-17-22-30-10-18(33(22)7-6-29-17)16-11-32(12-20(24)25)31-21(16)23(26,27)28/h4-8,10-11,20H,3,9,12H2,1-2H3. The van der Waals surface area contributed by atoms with Gasteiger partial charge in [0, 0.05) is 37.0 Å². The number of alkyl halides is 5. The minimum Gasteiger partial charge on any atom is -0.296 e. The first-order valence-corrected chi connectivity index (χ1v) is 10.4. The van der Waals surface area contributed by atoms with E-state index in [2.05, 4.69) is 15.1 Å². The van der Waals surface area contributed by atoms with E-state index in [4.69, 9.17) is 0 Å². The van der Waals surface area contributed by atoms with Crippen molar-refractivity contribution in [3.05, 3.63) is 71.1 Å². The molecule has 0 spiro atoms. The van der Waals surface area contributed by atoms with E-state index < -0.39 is 24.8 Å². The van der Waals surface area contributed by atoms with Crippen molar-refractivity contribution in [2.75, 3.05) is 0 Å². The number of hydrogen-bond donors (Lipinski definition) is 0. The highest BCUT2D eigenvalue weighted by Gasteiger charge is 2.38. The van der Waals surface area contributed by atoms with Crippen LogP contribution in [0.15, 0.2) is 43.0 Å². The Morgan fingerprint density at radius 2 is 1.94 bits per heavy atom. The van der Waals surface area contributed by atoms with Crippen molar-refractivity contribution in [3.8, 4) is 11.3 Å². The van der Waals surface area contributed by atoms with Gasteiger partial charge in [0.2, 0.25) is 0 Å². The Morgan fingerprint density at radius 3 is 2.59 bits per heavy atom. The molecule has 0 amide bonds. The van der Waals surface area contributed by atoms with Crippen molar-refractivity contribution in [2.24, 2.45) is 0 Å². The Kier molecular flexibility index (Phi) is 6.20. The van der Waals surface area contributed by atoms with E-state index in [9.17, 15) is 26.7 Å². The van der Waals surface area contributed by atoms with Crippen molar-refractivity contribution in [3.63, 3.8) is 0 Å². The second kappa shape index (κ2) is 8.96. The van der Waals surface area contributed by atoms with Crippen molar-refractivity contribution in [1.29, 1.82) is 0 Å². The molecular weight excluding hydrogens is 457 g/mol. The summed E-state index contributed by atoms with van der Waals surface area (Å²) in [4.78, 5) is 20.6. The van der Waals surface area contributed by atoms with Crippen molar-refractivity contribution >= 4 is 11.4 Å². The van der Waals surface area contributed by atoms with Crippen LogP contribution >= 0.6 is 0 Å². The highest BCUT2D eigenvalue weighted by Crippen LogP contribution is 2.36. The maximum Gasteiger partial charge on any atom is 0.435 e. The minimum atomic E-state index is -4.84. The van der Waals surface area contributed by atoms with Gasteiger partial charge in [-0.2, -0.15) is 18.3 Å². The Labute approximate surface area is 191 Å². The third-order valence-electron chi connectivity index (χ3n) is 5.42. The van der Waals surface area contributed by atoms with E-state index in [1.54, 1.807) is 19.1 Å². The van der Waals surface area contributed by atoms with Gasteiger partial charge < -0.3 is 0 Å². The van der Waals surface area contributed by atoms with Gasteiger partial charge in [0.15, 0.2) is 17.1 Å². The van der Waals surface area contributed by atoms with Gasteiger partial charge >= 0.3 is 6.18 Å². The second-order valence-electron chi connectivity index (χ2n) is 7.82. The lowest BCUT2D eigenvalue weighted by Gasteiger charge is -2.09. The van der Waals surface area contributed by atoms with Gasteiger partial charge in [-0.15, -0.1) is 0 Å². The highest BCUT2D eigenvalue weighted by molar-refractivity contribution is 5.97. The Morgan fingerprint density at radius 1 is 1.18 bits per heavy atom. The number of Topliss-reactive ketones (excluding diaryl/α,β-unsaturated/α-hetero) is 1. The van der Waals surface area contributed by atoms with Crippen LogP contribution in [0.4, 0.5) is 22.0 Å². The SMILES string of the molecule is CCC(=O)c1ccc(Cc2nccn3c(-c4cn(CC(F)F)nc4C(F)(F)F)cnc23)cc1C. The molecule has 0 atom stereocenters. The predicted octanol–water partition coefficient (Wildman–Crippen LogP) is 5.37. The molecule has 0 aliphatic rings. The molecular formula is C23H20F5N5O. The van der Waals surface area contributed by atoms with Crippen LogP contribution in [0.25, 0.3) is 16.9 Å². The largest absolute Gasteiger partial charge is 0.435 e. The molecule has 1 aromatic carbocycles. The molecule has 0 unspecified atom stereocenters. The average molecular weight is 477 g/mol. The van der Waals surface area contributed by atoms with Crippen molar-refractivity contribution in [1.82, 2.24) is 24.1 Å². The van der Waals surface area contributed by atoms with E-state index in [0.29, 0.717) is 34.4 Å². The quantitative estimate of drug-likeness (QED) is 0.265. The first-order chi connectivity index (χ1) is 16.1. The fraction of sp³-hybridized carbons (Fsp3) is 0.304. The number of carbonyl (C=O) groups excluding carboxylic acids is 1. The predicted molar refractivity (Wildman–Crippen MR) is 114 cm³/mol. The van der Waals surface area contributed by atoms with Gasteiger partial charge in [0.05, 0.1) is 23.1 Å². The van der Waals surface area contributed by atoms with Crippen molar-refractivity contribution < 1.29 is 26.7 Å². The summed E-state index contributed by atoms with van der Waals surface area (Å²) in [6.07, 6.45) is -1.87. The number of fused-ring (bicyclic) bond motifs is 1. The van der Waals surface area contributed by atoms with E-state index in [1.807, 2.05) is 13.0 Å². The summed E-state index contributed by atoms with van der Waals surface area (Å²) in [5.41, 5.74) is 1.61. The van der Waals surface area contributed by atoms with Crippen LogP contribution in [-0.2, 0) is 19.1 Å². The number of ketones is 1. The Balaban J connectivity index is 1.74. The number of halogens is 5. The van der Waals surface area contributed by atoms with Gasteiger partial charge in [0.1, 0.15) is 6.54 Å². The number of rotatable bonds is 7. The summed E-state index contributed by atoms with van der Waals surface area (Å²) in [5, 5.41) is 3.34. The van der Waals surface area contributed by atoms with Crippen molar-refractivity contribution in [2.45, 2.75) is 45.8 Å². The van der Waals surface area contributed by atoms with E-state index in [0.717, 1.165) is 17.3 Å². The number of imidazole rings is 1. The number of nitrogens with zero attached hydrogens (tertiary/aromatic N) is 5. The van der Waals surface area contributed by atoms with Gasteiger partial charge in [-0.1, -0.05) is 25.1 Å². The monoisotopic (exact) mass is 477 g/mol. The minimum absolute atomic E-state index is 0.0371. The topological polar surface area (TPSA) is 65.1 Å². The fourth-order valence-electron chi connectivity index (χ4n) is 3.88. The normalized spacial score (nSPS) is 12.1. The summed E-state index contributed by atoms with van der Waals surface area (Å²) >= 11 is 0. The number of carbonyl (C=O) groups is 1. The number of aryl methyl sites for hydroxylation is 1. The van der Waals surface area contributed by atoms with Crippen LogP contribution in [-0.4, -0.2) is 36.4 Å². The lowest BCUT2D eigenvalue weighted by atomic mass is 9.98. The molecule has 0 saturated heterocycles. The molecule has 4 aromatic rings. The number of aromatic nitrogens is 5.